The van der Waals surface area contributed by atoms with E-state index in [2.05, 4.69) is 11.5 Å². The third-order valence-corrected chi connectivity index (χ3v) is 4.50. The summed E-state index contributed by atoms with van der Waals surface area (Å²) >= 11 is 0. The zero-order valence-electron chi connectivity index (χ0n) is 13.8. The normalized spacial score (nSPS) is 14.0. The summed E-state index contributed by atoms with van der Waals surface area (Å²) in [5.41, 5.74) is 4.03. The smallest absolute Gasteiger partial charge is 0.256 e. The van der Waals surface area contributed by atoms with Crippen LogP contribution < -0.4 is 0 Å². The Bertz CT molecular complexity index is 687. The summed E-state index contributed by atoms with van der Waals surface area (Å²) < 4.78 is 2.28. The molecule has 122 valence electrons. The van der Waals surface area contributed by atoms with E-state index in [1.807, 2.05) is 43.3 Å². The van der Waals surface area contributed by atoms with Crippen LogP contribution in [0.15, 0.2) is 36.4 Å². The minimum atomic E-state index is -0.0278. The van der Waals surface area contributed by atoms with E-state index < -0.39 is 0 Å². The Labute approximate surface area is 137 Å². The van der Waals surface area contributed by atoms with Crippen LogP contribution in [-0.4, -0.2) is 33.6 Å². The number of carbonyl (C=O) groups excluding carboxylic acids is 1. The highest BCUT2D eigenvalue weighted by Gasteiger charge is 2.29. The number of benzene rings is 1. The van der Waals surface area contributed by atoms with E-state index in [0.29, 0.717) is 19.1 Å². The highest BCUT2D eigenvalue weighted by Crippen LogP contribution is 2.38. The fraction of sp³-hybridized carbons (Fsp3) is 0.421. The maximum Gasteiger partial charge on any atom is 0.256 e. The van der Waals surface area contributed by atoms with Crippen LogP contribution in [0.4, 0.5) is 0 Å². The van der Waals surface area contributed by atoms with Crippen molar-refractivity contribution in [3.05, 3.63) is 58.9 Å². The zero-order chi connectivity index (χ0) is 16.4. The highest BCUT2D eigenvalue weighted by atomic mass is 16.3. The second-order valence-corrected chi connectivity index (χ2v) is 6.32. The van der Waals surface area contributed by atoms with Crippen molar-refractivity contribution in [2.24, 2.45) is 0 Å². The molecular formula is C19H24N2O2. The summed E-state index contributed by atoms with van der Waals surface area (Å²) in [6, 6.07) is 12.5. The van der Waals surface area contributed by atoms with Crippen molar-refractivity contribution >= 4 is 5.91 Å². The van der Waals surface area contributed by atoms with Gasteiger partial charge in [0.05, 0.1) is 12.2 Å². The molecule has 1 heterocycles. The van der Waals surface area contributed by atoms with Crippen LogP contribution >= 0.6 is 0 Å². The molecule has 0 atom stereocenters. The van der Waals surface area contributed by atoms with Gasteiger partial charge < -0.3 is 14.6 Å². The molecule has 1 aliphatic carbocycles. The summed E-state index contributed by atoms with van der Waals surface area (Å²) in [5.74, 6) is 0.00269. The van der Waals surface area contributed by atoms with Gasteiger partial charge in [-0.25, -0.2) is 0 Å². The summed E-state index contributed by atoms with van der Waals surface area (Å²) in [6.45, 7) is 4.93. The molecule has 0 aliphatic heterocycles. The Morgan fingerprint density at radius 2 is 1.96 bits per heavy atom. The van der Waals surface area contributed by atoms with Crippen molar-refractivity contribution in [2.45, 2.75) is 39.3 Å². The van der Waals surface area contributed by atoms with Gasteiger partial charge in [0.15, 0.2) is 0 Å². The highest BCUT2D eigenvalue weighted by molar-refractivity contribution is 5.95. The molecular weight excluding hydrogens is 288 g/mol. The van der Waals surface area contributed by atoms with Gasteiger partial charge in [0.2, 0.25) is 0 Å². The Balaban J connectivity index is 1.85. The molecule has 1 amide bonds. The van der Waals surface area contributed by atoms with Crippen LogP contribution in [0, 0.1) is 13.8 Å². The predicted octanol–water partition coefficient (Wildman–Crippen LogP) is 3.07. The molecule has 1 N–H and O–H groups in total. The number of hydrogen-bond acceptors (Lipinski definition) is 2. The minimum Gasteiger partial charge on any atom is -0.395 e. The lowest BCUT2D eigenvalue weighted by molar-refractivity contribution is 0.0707. The molecule has 0 radical (unpaired) electrons. The number of hydrogen-bond donors (Lipinski definition) is 1. The molecule has 0 saturated heterocycles. The number of carbonyl (C=O) groups is 1. The molecule has 4 heteroatoms. The van der Waals surface area contributed by atoms with Gasteiger partial charge in [-0.15, -0.1) is 0 Å². The van der Waals surface area contributed by atoms with Gasteiger partial charge in [-0.05, 0) is 38.3 Å². The van der Waals surface area contributed by atoms with E-state index in [0.717, 1.165) is 22.5 Å². The Hall–Kier alpha value is -2.07. The monoisotopic (exact) mass is 312 g/mol. The molecule has 0 spiro atoms. The SMILES string of the molecule is Cc1cc(C(=O)N(CCO)Cc2ccccc2)c(C)n1C1CC1. The van der Waals surface area contributed by atoms with Gasteiger partial charge >= 0.3 is 0 Å². The Morgan fingerprint density at radius 3 is 2.57 bits per heavy atom. The lowest BCUT2D eigenvalue weighted by Crippen LogP contribution is -2.33. The number of aliphatic hydroxyl groups excluding tert-OH is 1. The second-order valence-electron chi connectivity index (χ2n) is 6.32. The Kier molecular flexibility index (Phi) is 4.53. The number of aromatic nitrogens is 1. The molecule has 0 unspecified atom stereocenters. The number of aryl methyl sites for hydroxylation is 1. The first-order chi connectivity index (χ1) is 11.1. The van der Waals surface area contributed by atoms with E-state index in [1.54, 1.807) is 4.90 Å². The molecule has 23 heavy (non-hydrogen) atoms. The summed E-state index contributed by atoms with van der Waals surface area (Å²) in [4.78, 5) is 14.7. The van der Waals surface area contributed by atoms with Gasteiger partial charge in [-0.1, -0.05) is 30.3 Å². The number of rotatable bonds is 6. The predicted molar refractivity (Wildman–Crippen MR) is 90.4 cm³/mol. The number of amides is 1. The minimum absolute atomic E-state index is 0.00269. The molecule has 1 saturated carbocycles. The molecule has 2 aromatic rings. The average Bonchev–Trinajstić information content (AvgIpc) is 3.33. The number of aliphatic hydroxyl groups is 1. The van der Waals surface area contributed by atoms with Crippen LogP contribution in [0.1, 0.15) is 46.2 Å². The molecule has 4 nitrogen and oxygen atoms in total. The van der Waals surface area contributed by atoms with Gasteiger partial charge in [0.25, 0.3) is 5.91 Å². The zero-order valence-corrected chi connectivity index (χ0v) is 13.8. The van der Waals surface area contributed by atoms with Crippen LogP contribution in [0.3, 0.4) is 0 Å². The second kappa shape index (κ2) is 6.59. The molecule has 1 aliphatic rings. The average molecular weight is 312 g/mol. The van der Waals surface area contributed by atoms with Gasteiger partial charge in [0.1, 0.15) is 0 Å². The maximum absolute atomic E-state index is 13.0. The first kappa shape index (κ1) is 15.8. The van der Waals surface area contributed by atoms with E-state index in [9.17, 15) is 9.90 Å². The molecule has 3 rings (SSSR count). The van der Waals surface area contributed by atoms with Crippen molar-refractivity contribution in [1.29, 1.82) is 0 Å². The quantitative estimate of drug-likeness (QED) is 0.891. The summed E-state index contributed by atoms with van der Waals surface area (Å²) in [6.07, 6.45) is 2.41. The summed E-state index contributed by atoms with van der Waals surface area (Å²) in [5, 5.41) is 9.34. The van der Waals surface area contributed by atoms with Crippen LogP contribution in [-0.2, 0) is 6.54 Å². The van der Waals surface area contributed by atoms with E-state index in [-0.39, 0.29) is 12.5 Å². The van der Waals surface area contributed by atoms with Crippen LogP contribution in [0.2, 0.25) is 0 Å². The third-order valence-electron chi connectivity index (χ3n) is 4.50. The molecule has 0 bridgehead atoms. The Morgan fingerprint density at radius 1 is 1.26 bits per heavy atom. The topological polar surface area (TPSA) is 45.5 Å². The van der Waals surface area contributed by atoms with Crippen molar-refractivity contribution in [3.8, 4) is 0 Å². The molecule has 1 aromatic heterocycles. The largest absolute Gasteiger partial charge is 0.395 e. The fourth-order valence-electron chi connectivity index (χ4n) is 3.24. The van der Waals surface area contributed by atoms with E-state index in [1.165, 1.54) is 12.8 Å². The third kappa shape index (κ3) is 3.32. The van der Waals surface area contributed by atoms with Gasteiger partial charge in [-0.2, -0.15) is 0 Å². The van der Waals surface area contributed by atoms with Crippen molar-refractivity contribution in [2.75, 3.05) is 13.2 Å². The first-order valence-electron chi connectivity index (χ1n) is 8.24. The van der Waals surface area contributed by atoms with Gasteiger partial charge in [0, 0.05) is 30.5 Å². The van der Waals surface area contributed by atoms with Crippen molar-refractivity contribution in [1.82, 2.24) is 9.47 Å². The van der Waals surface area contributed by atoms with Crippen molar-refractivity contribution < 1.29 is 9.90 Å². The van der Waals surface area contributed by atoms with Gasteiger partial charge in [-0.3, -0.25) is 4.79 Å². The van der Waals surface area contributed by atoms with Crippen molar-refractivity contribution in [3.63, 3.8) is 0 Å². The lowest BCUT2D eigenvalue weighted by Gasteiger charge is -2.22. The number of nitrogens with zero attached hydrogens (tertiary/aromatic N) is 2. The maximum atomic E-state index is 13.0. The molecule has 1 aromatic carbocycles. The van der Waals surface area contributed by atoms with Crippen LogP contribution in [0.25, 0.3) is 0 Å². The fourth-order valence-corrected chi connectivity index (χ4v) is 3.24. The molecule has 1 fully saturated rings. The lowest BCUT2D eigenvalue weighted by atomic mass is 10.1. The standard InChI is InChI=1S/C19H24N2O2/c1-14-12-18(15(2)21(14)17-8-9-17)19(23)20(10-11-22)13-16-6-4-3-5-7-16/h3-7,12,17,22H,8-11,13H2,1-2H3. The summed E-state index contributed by atoms with van der Waals surface area (Å²) in [7, 11) is 0. The van der Waals surface area contributed by atoms with Crippen LogP contribution in [0.5, 0.6) is 0 Å². The van der Waals surface area contributed by atoms with E-state index >= 15 is 0 Å². The van der Waals surface area contributed by atoms with E-state index in [4.69, 9.17) is 0 Å². The first-order valence-corrected chi connectivity index (χ1v) is 8.24.